The summed E-state index contributed by atoms with van der Waals surface area (Å²) in [7, 11) is -2.43. The van der Waals surface area contributed by atoms with Crippen LogP contribution >= 0.6 is 0 Å². The molecule has 8 heteroatoms. The number of nitrogens with two attached hydrogens (primary N) is 1. The van der Waals surface area contributed by atoms with Gasteiger partial charge in [-0.15, -0.1) is 0 Å². The third kappa shape index (κ3) is 2.62. The molecule has 1 fully saturated rings. The van der Waals surface area contributed by atoms with Crippen molar-refractivity contribution in [3.63, 3.8) is 0 Å². The number of piperazine rings is 1. The van der Waals surface area contributed by atoms with Crippen molar-refractivity contribution in [1.29, 1.82) is 0 Å². The van der Waals surface area contributed by atoms with E-state index in [0.717, 1.165) is 4.31 Å². The Labute approximate surface area is 117 Å². The van der Waals surface area contributed by atoms with Crippen molar-refractivity contribution in [1.82, 2.24) is 9.62 Å². The van der Waals surface area contributed by atoms with E-state index >= 15 is 0 Å². The molecule has 0 bridgehead atoms. The Bertz CT molecular complexity index is 602. The molecule has 1 amide bonds. The number of ether oxygens (including phenoxy) is 1. The standard InChI is InChI=1S/C12H17N3O4S/c1-19-10-4-2-3-5-11(10)20(17,18)15-7-6-14-8-9(15)12(13)16/h2-5,9,14H,6-8H2,1H3,(H2,13,16). The molecule has 3 N–H and O–H groups in total. The smallest absolute Gasteiger partial charge is 0.247 e. The molecule has 1 aromatic carbocycles. The van der Waals surface area contributed by atoms with Crippen LogP contribution < -0.4 is 15.8 Å². The number of carbonyl (C=O) groups excluding carboxylic acids is 1. The van der Waals surface area contributed by atoms with E-state index in [1.165, 1.54) is 13.2 Å². The number of benzene rings is 1. The van der Waals surface area contributed by atoms with Crippen LogP contribution in [-0.2, 0) is 14.8 Å². The number of rotatable bonds is 4. The van der Waals surface area contributed by atoms with Crippen molar-refractivity contribution < 1.29 is 17.9 Å². The largest absolute Gasteiger partial charge is 0.495 e. The van der Waals surface area contributed by atoms with E-state index in [1.807, 2.05) is 0 Å². The summed E-state index contributed by atoms with van der Waals surface area (Å²) in [6, 6.07) is 5.42. The first-order valence-corrected chi connectivity index (χ1v) is 7.57. The third-order valence-electron chi connectivity index (χ3n) is 3.18. The fraction of sp³-hybridized carbons (Fsp3) is 0.417. The molecule has 1 aliphatic rings. The third-order valence-corrected chi connectivity index (χ3v) is 5.13. The zero-order valence-corrected chi connectivity index (χ0v) is 11.9. The summed E-state index contributed by atoms with van der Waals surface area (Å²) in [5.74, 6) is -0.426. The Morgan fingerprint density at radius 2 is 2.15 bits per heavy atom. The first kappa shape index (κ1) is 14.8. The molecule has 0 aliphatic carbocycles. The van der Waals surface area contributed by atoms with Gasteiger partial charge < -0.3 is 15.8 Å². The van der Waals surface area contributed by atoms with E-state index in [2.05, 4.69) is 5.32 Å². The van der Waals surface area contributed by atoms with Crippen LogP contribution in [0.2, 0.25) is 0 Å². The van der Waals surface area contributed by atoms with Gasteiger partial charge in [0.1, 0.15) is 16.7 Å². The highest BCUT2D eigenvalue weighted by molar-refractivity contribution is 7.89. The lowest BCUT2D eigenvalue weighted by Crippen LogP contribution is -2.58. The highest BCUT2D eigenvalue weighted by Gasteiger charge is 2.37. The minimum absolute atomic E-state index is 0.0376. The number of sulfonamides is 1. The van der Waals surface area contributed by atoms with Crippen LogP contribution in [0.1, 0.15) is 0 Å². The molecule has 1 heterocycles. The lowest BCUT2D eigenvalue weighted by atomic mass is 10.2. The fourth-order valence-electron chi connectivity index (χ4n) is 2.17. The Morgan fingerprint density at radius 3 is 2.80 bits per heavy atom. The summed E-state index contributed by atoms with van der Waals surface area (Å²) in [5, 5.41) is 2.96. The van der Waals surface area contributed by atoms with E-state index < -0.39 is 22.0 Å². The monoisotopic (exact) mass is 299 g/mol. The molecule has 110 valence electrons. The van der Waals surface area contributed by atoms with Crippen LogP contribution in [0.25, 0.3) is 0 Å². The molecule has 1 atom stereocenters. The number of amides is 1. The summed E-state index contributed by atoms with van der Waals surface area (Å²) in [5.41, 5.74) is 5.29. The normalized spacial score (nSPS) is 20.6. The molecule has 1 aliphatic heterocycles. The lowest BCUT2D eigenvalue weighted by Gasteiger charge is -2.33. The molecule has 0 radical (unpaired) electrons. The van der Waals surface area contributed by atoms with Crippen LogP contribution in [0.4, 0.5) is 0 Å². The summed E-state index contributed by atoms with van der Waals surface area (Å²) < 4.78 is 31.6. The molecule has 1 aromatic rings. The zero-order valence-electron chi connectivity index (χ0n) is 11.1. The number of hydrogen-bond acceptors (Lipinski definition) is 5. The van der Waals surface area contributed by atoms with Gasteiger partial charge in [0, 0.05) is 19.6 Å². The predicted molar refractivity (Wildman–Crippen MR) is 72.7 cm³/mol. The van der Waals surface area contributed by atoms with Gasteiger partial charge in [-0.1, -0.05) is 12.1 Å². The zero-order chi connectivity index (χ0) is 14.8. The lowest BCUT2D eigenvalue weighted by molar-refractivity contribution is -0.122. The van der Waals surface area contributed by atoms with Crippen LogP contribution in [0.3, 0.4) is 0 Å². The molecule has 1 saturated heterocycles. The van der Waals surface area contributed by atoms with Gasteiger partial charge in [-0.2, -0.15) is 4.31 Å². The van der Waals surface area contributed by atoms with Gasteiger partial charge in [-0.25, -0.2) is 8.42 Å². The average Bonchev–Trinajstić information content (AvgIpc) is 2.47. The second-order valence-electron chi connectivity index (χ2n) is 4.39. The molecule has 0 aromatic heterocycles. The van der Waals surface area contributed by atoms with Crippen LogP contribution in [-0.4, -0.2) is 51.4 Å². The van der Waals surface area contributed by atoms with Gasteiger partial charge in [-0.05, 0) is 12.1 Å². The maximum absolute atomic E-state index is 12.7. The van der Waals surface area contributed by atoms with Gasteiger partial charge in [-0.3, -0.25) is 4.79 Å². The Hall–Kier alpha value is -1.64. The number of carbonyl (C=O) groups is 1. The molecule has 7 nitrogen and oxygen atoms in total. The maximum atomic E-state index is 12.7. The first-order chi connectivity index (χ1) is 9.48. The van der Waals surface area contributed by atoms with Crippen molar-refractivity contribution in [3.05, 3.63) is 24.3 Å². The summed E-state index contributed by atoms with van der Waals surface area (Å²) in [6.07, 6.45) is 0. The highest BCUT2D eigenvalue weighted by Crippen LogP contribution is 2.27. The van der Waals surface area contributed by atoms with Crippen LogP contribution in [0.5, 0.6) is 5.75 Å². The fourth-order valence-corrected chi connectivity index (χ4v) is 3.93. The Balaban J connectivity index is 2.45. The molecule has 0 spiro atoms. The molecule has 0 saturated carbocycles. The van der Waals surface area contributed by atoms with Gasteiger partial charge in [0.15, 0.2) is 0 Å². The van der Waals surface area contributed by atoms with E-state index in [0.29, 0.717) is 6.54 Å². The van der Waals surface area contributed by atoms with E-state index in [4.69, 9.17) is 10.5 Å². The second kappa shape index (κ2) is 5.78. The first-order valence-electron chi connectivity index (χ1n) is 6.13. The number of methoxy groups -OCH3 is 1. The quantitative estimate of drug-likeness (QED) is 0.753. The average molecular weight is 299 g/mol. The number of nitrogens with zero attached hydrogens (tertiary/aromatic N) is 1. The summed E-state index contributed by atoms with van der Waals surface area (Å²) >= 11 is 0. The van der Waals surface area contributed by atoms with Crippen molar-refractivity contribution in [2.45, 2.75) is 10.9 Å². The van der Waals surface area contributed by atoms with Gasteiger partial charge in [0.05, 0.1) is 7.11 Å². The van der Waals surface area contributed by atoms with Crippen LogP contribution in [0, 0.1) is 0 Å². The molecule has 20 heavy (non-hydrogen) atoms. The number of hydrogen-bond donors (Lipinski definition) is 2. The van der Waals surface area contributed by atoms with E-state index in [-0.39, 0.29) is 23.7 Å². The van der Waals surface area contributed by atoms with Gasteiger partial charge in [0.2, 0.25) is 15.9 Å². The number of primary amides is 1. The summed E-state index contributed by atoms with van der Waals surface area (Å²) in [6.45, 7) is 0.871. The van der Waals surface area contributed by atoms with E-state index in [1.54, 1.807) is 18.2 Å². The van der Waals surface area contributed by atoms with Crippen molar-refractivity contribution in [2.75, 3.05) is 26.7 Å². The SMILES string of the molecule is COc1ccccc1S(=O)(=O)N1CCNCC1C(N)=O. The summed E-state index contributed by atoms with van der Waals surface area (Å²) in [4.78, 5) is 11.5. The van der Waals surface area contributed by atoms with Crippen molar-refractivity contribution in [3.8, 4) is 5.75 Å². The van der Waals surface area contributed by atoms with Gasteiger partial charge in [0.25, 0.3) is 0 Å². The molecule has 1 unspecified atom stereocenters. The Morgan fingerprint density at radius 1 is 1.45 bits per heavy atom. The minimum Gasteiger partial charge on any atom is -0.495 e. The van der Waals surface area contributed by atoms with E-state index in [9.17, 15) is 13.2 Å². The maximum Gasteiger partial charge on any atom is 0.247 e. The minimum atomic E-state index is -3.83. The van der Waals surface area contributed by atoms with Crippen molar-refractivity contribution >= 4 is 15.9 Å². The molecular weight excluding hydrogens is 282 g/mol. The topological polar surface area (TPSA) is 102 Å². The van der Waals surface area contributed by atoms with Crippen molar-refractivity contribution in [2.24, 2.45) is 5.73 Å². The molecular formula is C12H17N3O4S. The molecule has 2 rings (SSSR count). The van der Waals surface area contributed by atoms with Crippen LogP contribution in [0.15, 0.2) is 29.2 Å². The second-order valence-corrected chi connectivity index (χ2v) is 6.25. The number of nitrogens with one attached hydrogen (secondary N) is 1. The van der Waals surface area contributed by atoms with Gasteiger partial charge >= 0.3 is 0 Å². The Kier molecular flexibility index (Phi) is 4.26. The highest BCUT2D eigenvalue weighted by atomic mass is 32.2. The predicted octanol–water partition coefficient (Wildman–Crippen LogP) is -0.857. The number of para-hydroxylation sites is 1.